The fourth-order valence-corrected chi connectivity index (χ4v) is 3.47. The molecule has 0 saturated heterocycles. The van der Waals surface area contributed by atoms with Crippen LogP contribution in [0.1, 0.15) is 27.9 Å². The number of nitrogens with zero attached hydrogens (tertiary/aromatic N) is 2. The Labute approximate surface area is 169 Å². The maximum Gasteiger partial charge on any atom is 0.322 e. The molecular formula is C23H24N4O2. The Kier molecular flexibility index (Phi) is 4.92. The molecule has 4 rings (SSSR count). The number of benzene rings is 2. The molecule has 3 aromatic rings. The van der Waals surface area contributed by atoms with Gasteiger partial charge in [-0.1, -0.05) is 35.9 Å². The van der Waals surface area contributed by atoms with Crippen LogP contribution >= 0.6 is 0 Å². The normalized spacial score (nSPS) is 13.1. The van der Waals surface area contributed by atoms with E-state index in [1.165, 1.54) is 5.56 Å². The first-order valence-electron chi connectivity index (χ1n) is 9.73. The first-order valence-corrected chi connectivity index (χ1v) is 9.73. The van der Waals surface area contributed by atoms with Gasteiger partial charge < -0.3 is 15.2 Å². The number of carbonyl (C=O) groups excluding carboxylic acids is 1. The van der Waals surface area contributed by atoms with Gasteiger partial charge in [-0.25, -0.2) is 9.78 Å². The van der Waals surface area contributed by atoms with Crippen LogP contribution in [0.5, 0.6) is 0 Å². The van der Waals surface area contributed by atoms with Crippen molar-refractivity contribution in [1.82, 2.24) is 14.9 Å². The summed E-state index contributed by atoms with van der Waals surface area (Å²) in [6, 6.07) is 13.5. The second-order valence-corrected chi connectivity index (χ2v) is 7.61. The van der Waals surface area contributed by atoms with Crippen LogP contribution in [0.2, 0.25) is 0 Å². The Balaban J connectivity index is 1.53. The third-order valence-corrected chi connectivity index (χ3v) is 5.44. The first kappa shape index (κ1) is 18.9. The predicted molar refractivity (Wildman–Crippen MR) is 114 cm³/mol. The fourth-order valence-electron chi connectivity index (χ4n) is 3.47. The van der Waals surface area contributed by atoms with Gasteiger partial charge in [-0.05, 0) is 44.0 Å². The molecule has 2 aromatic carbocycles. The number of nitrogens with one attached hydrogen (secondary N) is 2. The highest BCUT2D eigenvalue weighted by Gasteiger charge is 2.25. The van der Waals surface area contributed by atoms with E-state index in [9.17, 15) is 9.59 Å². The fraction of sp³-hybridized carbons (Fsp3) is 0.261. The Morgan fingerprint density at radius 1 is 1.07 bits per heavy atom. The lowest BCUT2D eigenvalue weighted by molar-refractivity contribution is 0.205. The minimum atomic E-state index is -0.207. The highest BCUT2D eigenvalue weighted by Crippen LogP contribution is 2.20. The summed E-state index contributed by atoms with van der Waals surface area (Å²) in [4.78, 5) is 34.5. The van der Waals surface area contributed by atoms with Crippen LogP contribution in [0.4, 0.5) is 10.5 Å². The molecule has 1 aliphatic heterocycles. The summed E-state index contributed by atoms with van der Waals surface area (Å²) in [5.74, 6) is 0.571. The first-order chi connectivity index (χ1) is 13.9. The molecule has 2 N–H and O–H groups in total. The van der Waals surface area contributed by atoms with Crippen LogP contribution in [-0.4, -0.2) is 27.4 Å². The lowest BCUT2D eigenvalue weighted by Gasteiger charge is -2.28. The summed E-state index contributed by atoms with van der Waals surface area (Å²) in [5, 5.41) is 2.93. The summed E-state index contributed by atoms with van der Waals surface area (Å²) in [6.45, 7) is 6.84. The number of H-pyrrole nitrogens is 1. The molecule has 0 saturated carbocycles. The Hall–Kier alpha value is -3.41. The zero-order valence-electron chi connectivity index (χ0n) is 16.9. The number of rotatable bonds is 2. The van der Waals surface area contributed by atoms with E-state index in [-0.39, 0.29) is 18.1 Å². The second kappa shape index (κ2) is 7.54. The maximum absolute atomic E-state index is 12.7. The molecule has 2 amide bonds. The summed E-state index contributed by atoms with van der Waals surface area (Å²) < 4.78 is 0. The van der Waals surface area contributed by atoms with E-state index in [4.69, 9.17) is 0 Å². The van der Waals surface area contributed by atoms with Gasteiger partial charge >= 0.3 is 6.03 Å². The molecule has 0 atom stereocenters. The van der Waals surface area contributed by atoms with Crippen molar-refractivity contribution in [2.24, 2.45) is 0 Å². The van der Waals surface area contributed by atoms with Gasteiger partial charge in [0, 0.05) is 24.2 Å². The molecule has 6 nitrogen and oxygen atoms in total. The molecular weight excluding hydrogens is 364 g/mol. The molecule has 1 aliphatic rings. The molecule has 148 valence electrons. The van der Waals surface area contributed by atoms with Crippen LogP contribution in [0.15, 0.2) is 47.3 Å². The van der Waals surface area contributed by atoms with E-state index in [0.717, 1.165) is 28.1 Å². The van der Waals surface area contributed by atoms with Gasteiger partial charge in [-0.3, -0.25) is 4.79 Å². The number of aromatic amines is 1. The van der Waals surface area contributed by atoms with Crippen LogP contribution in [0.25, 0.3) is 11.4 Å². The van der Waals surface area contributed by atoms with E-state index >= 15 is 0 Å². The molecule has 0 radical (unpaired) electrons. The number of aryl methyl sites for hydroxylation is 3. The molecule has 0 spiro atoms. The molecule has 0 aliphatic carbocycles. The average Bonchev–Trinajstić information content (AvgIpc) is 2.71. The SMILES string of the molecule is Cc1ccc(-c2nc3c(c(=O)[nH]2)CN(C(=O)Nc2ccc(C)c(C)c2)CC3)cc1. The van der Waals surface area contributed by atoms with Crippen LogP contribution in [0, 0.1) is 20.8 Å². The number of anilines is 1. The molecule has 1 aromatic heterocycles. The zero-order chi connectivity index (χ0) is 20.5. The highest BCUT2D eigenvalue weighted by molar-refractivity contribution is 5.89. The number of hydrogen-bond acceptors (Lipinski definition) is 3. The Morgan fingerprint density at radius 2 is 1.83 bits per heavy atom. The van der Waals surface area contributed by atoms with Crippen LogP contribution in [-0.2, 0) is 13.0 Å². The third-order valence-electron chi connectivity index (χ3n) is 5.44. The summed E-state index contributed by atoms with van der Waals surface area (Å²) in [5.41, 5.74) is 6.22. The van der Waals surface area contributed by atoms with Crippen molar-refractivity contribution in [3.8, 4) is 11.4 Å². The molecule has 0 unspecified atom stereocenters. The van der Waals surface area contributed by atoms with Crippen LogP contribution < -0.4 is 10.9 Å². The Morgan fingerprint density at radius 3 is 2.55 bits per heavy atom. The van der Waals surface area contributed by atoms with Crippen molar-refractivity contribution in [2.75, 3.05) is 11.9 Å². The number of carbonyl (C=O) groups is 1. The van der Waals surface area contributed by atoms with Gasteiger partial charge in [0.15, 0.2) is 0 Å². The van der Waals surface area contributed by atoms with Crippen molar-refractivity contribution in [3.63, 3.8) is 0 Å². The number of aromatic nitrogens is 2. The van der Waals surface area contributed by atoms with Gasteiger partial charge in [0.25, 0.3) is 5.56 Å². The number of hydrogen-bond donors (Lipinski definition) is 2. The van der Waals surface area contributed by atoms with Gasteiger partial charge in [0.05, 0.1) is 17.8 Å². The molecule has 2 heterocycles. The smallest absolute Gasteiger partial charge is 0.320 e. The van der Waals surface area contributed by atoms with Gasteiger partial charge in [-0.15, -0.1) is 0 Å². The summed E-state index contributed by atoms with van der Waals surface area (Å²) in [7, 11) is 0. The standard InChI is InChI=1S/C23H24N4O2/c1-14-4-7-17(8-5-14)21-25-20-10-11-27(13-19(20)22(28)26-21)23(29)24-18-9-6-15(2)16(3)12-18/h4-9,12H,10-11,13H2,1-3H3,(H,24,29)(H,25,26,28). The Bertz CT molecular complexity index is 1130. The lowest BCUT2D eigenvalue weighted by atomic mass is 10.1. The highest BCUT2D eigenvalue weighted by atomic mass is 16.2. The van der Waals surface area contributed by atoms with Crippen molar-refractivity contribution >= 4 is 11.7 Å². The molecule has 29 heavy (non-hydrogen) atoms. The minimum Gasteiger partial charge on any atom is -0.320 e. The van der Waals surface area contributed by atoms with Crippen molar-refractivity contribution in [2.45, 2.75) is 33.7 Å². The van der Waals surface area contributed by atoms with E-state index in [1.807, 2.05) is 63.2 Å². The van der Waals surface area contributed by atoms with Gasteiger partial charge in [0.1, 0.15) is 5.82 Å². The molecule has 6 heteroatoms. The topological polar surface area (TPSA) is 78.1 Å². The van der Waals surface area contributed by atoms with E-state index < -0.39 is 0 Å². The van der Waals surface area contributed by atoms with E-state index in [2.05, 4.69) is 15.3 Å². The molecule has 0 bridgehead atoms. The minimum absolute atomic E-state index is 0.186. The van der Waals surface area contributed by atoms with Crippen molar-refractivity contribution < 1.29 is 4.79 Å². The molecule has 0 fully saturated rings. The van der Waals surface area contributed by atoms with Gasteiger partial charge in [-0.2, -0.15) is 0 Å². The summed E-state index contributed by atoms with van der Waals surface area (Å²) >= 11 is 0. The maximum atomic E-state index is 12.7. The number of fused-ring (bicyclic) bond motifs is 1. The van der Waals surface area contributed by atoms with Crippen LogP contribution in [0.3, 0.4) is 0 Å². The zero-order valence-corrected chi connectivity index (χ0v) is 16.9. The van der Waals surface area contributed by atoms with Crippen molar-refractivity contribution in [3.05, 3.63) is 80.8 Å². The third kappa shape index (κ3) is 3.92. The van der Waals surface area contributed by atoms with Gasteiger partial charge in [0.2, 0.25) is 0 Å². The quantitative estimate of drug-likeness (QED) is 0.698. The number of urea groups is 1. The predicted octanol–water partition coefficient (Wildman–Crippen LogP) is 3.95. The average molecular weight is 388 g/mol. The van der Waals surface area contributed by atoms with E-state index in [1.54, 1.807) is 4.90 Å². The second-order valence-electron chi connectivity index (χ2n) is 7.61. The van der Waals surface area contributed by atoms with E-state index in [0.29, 0.717) is 24.4 Å². The van der Waals surface area contributed by atoms with Crippen molar-refractivity contribution in [1.29, 1.82) is 0 Å². The number of amides is 2. The summed E-state index contributed by atoms with van der Waals surface area (Å²) in [6.07, 6.45) is 0.554. The largest absolute Gasteiger partial charge is 0.322 e. The monoisotopic (exact) mass is 388 g/mol. The lowest BCUT2D eigenvalue weighted by Crippen LogP contribution is -2.41.